The van der Waals surface area contributed by atoms with Crippen LogP contribution in [0.15, 0.2) is 24.3 Å². The highest BCUT2D eigenvalue weighted by Crippen LogP contribution is 2.21. The van der Waals surface area contributed by atoms with E-state index in [-0.39, 0.29) is 17.9 Å². The third kappa shape index (κ3) is 5.21. The van der Waals surface area contributed by atoms with Crippen LogP contribution in [0.25, 0.3) is 0 Å². The topological polar surface area (TPSA) is 47.1 Å². The van der Waals surface area contributed by atoms with Gasteiger partial charge in [0.1, 0.15) is 0 Å². The Morgan fingerprint density at radius 3 is 2.23 bits per heavy atom. The quantitative estimate of drug-likeness (QED) is 0.808. The van der Waals surface area contributed by atoms with Crippen molar-refractivity contribution in [3.05, 3.63) is 35.4 Å². The van der Waals surface area contributed by atoms with Crippen molar-refractivity contribution in [2.75, 3.05) is 48.3 Å². The molecule has 1 saturated heterocycles. The number of carbonyl (C=O) groups is 2. The van der Waals surface area contributed by atoms with E-state index in [4.69, 9.17) is 0 Å². The molecule has 1 aromatic carbocycles. The smallest absolute Gasteiger partial charge is 0.319 e. The molecule has 1 atom stereocenters. The number of amides is 3. The first kappa shape index (κ1) is 20.2. The summed E-state index contributed by atoms with van der Waals surface area (Å²) in [5, 5.41) is 0. The van der Waals surface area contributed by atoms with Crippen molar-refractivity contribution in [1.29, 1.82) is 0 Å². The van der Waals surface area contributed by atoms with E-state index in [2.05, 4.69) is 17.0 Å². The fraction of sp³-hybridized carbons (Fsp3) is 0.600. The van der Waals surface area contributed by atoms with Crippen LogP contribution in [0.2, 0.25) is 0 Å². The van der Waals surface area contributed by atoms with E-state index < -0.39 is 0 Å². The number of urea groups is 1. The highest BCUT2D eigenvalue weighted by atomic mass is 16.2. The molecule has 0 radical (unpaired) electrons. The van der Waals surface area contributed by atoms with Gasteiger partial charge in [0.15, 0.2) is 0 Å². The number of likely N-dealkylation sites (tertiary alicyclic amines) is 1. The van der Waals surface area contributed by atoms with E-state index in [1.807, 2.05) is 38.2 Å². The molecule has 144 valence electrons. The van der Waals surface area contributed by atoms with Crippen LogP contribution < -0.4 is 0 Å². The minimum Gasteiger partial charge on any atom is -0.341 e. The Morgan fingerprint density at radius 2 is 1.65 bits per heavy atom. The Kier molecular flexibility index (Phi) is 7.03. The lowest BCUT2D eigenvalue weighted by Gasteiger charge is -2.35. The fourth-order valence-electron chi connectivity index (χ4n) is 3.49. The summed E-state index contributed by atoms with van der Waals surface area (Å²) in [6.07, 6.45) is 1.72. The van der Waals surface area contributed by atoms with Gasteiger partial charge in [-0.2, -0.15) is 0 Å². The van der Waals surface area contributed by atoms with Gasteiger partial charge in [0.2, 0.25) is 5.91 Å². The van der Waals surface area contributed by atoms with Crippen LogP contribution in [0.1, 0.15) is 24.0 Å². The maximum atomic E-state index is 12.9. The van der Waals surface area contributed by atoms with Crippen LogP contribution in [0, 0.1) is 5.92 Å². The molecule has 2 rings (SSSR count). The molecular weight excluding hydrogens is 328 g/mol. The normalized spacial score (nSPS) is 17.3. The zero-order chi connectivity index (χ0) is 19.3. The summed E-state index contributed by atoms with van der Waals surface area (Å²) in [4.78, 5) is 32.4. The van der Waals surface area contributed by atoms with Crippen molar-refractivity contribution in [2.24, 2.45) is 5.92 Å². The molecule has 1 fully saturated rings. The first-order valence-electron chi connectivity index (χ1n) is 9.22. The van der Waals surface area contributed by atoms with Gasteiger partial charge in [-0.1, -0.05) is 24.3 Å². The third-order valence-corrected chi connectivity index (χ3v) is 4.81. The minimum atomic E-state index is -0.112. The first-order valence-corrected chi connectivity index (χ1v) is 9.22. The molecule has 3 amide bonds. The molecule has 0 spiro atoms. The van der Waals surface area contributed by atoms with E-state index in [1.165, 1.54) is 11.1 Å². The second-order valence-electron chi connectivity index (χ2n) is 7.66. The van der Waals surface area contributed by atoms with Crippen LogP contribution in [0.3, 0.4) is 0 Å². The summed E-state index contributed by atoms with van der Waals surface area (Å²) in [5.41, 5.74) is 2.42. The van der Waals surface area contributed by atoms with Crippen molar-refractivity contribution in [3.63, 3.8) is 0 Å². The Balaban J connectivity index is 2.02. The Hall–Kier alpha value is -2.08. The molecule has 0 aromatic heterocycles. The standard InChI is InChI=1S/C20H32N4O2/c1-21(2)13-16-9-6-7-10-17(16)14-23(5)19(25)18-11-8-12-24(15-18)20(26)22(3)4/h6-7,9-10,18H,8,11-15H2,1-5H3/t18-/m1/s1. The van der Waals surface area contributed by atoms with Gasteiger partial charge < -0.3 is 19.6 Å². The third-order valence-electron chi connectivity index (χ3n) is 4.81. The van der Waals surface area contributed by atoms with Gasteiger partial charge in [-0.3, -0.25) is 4.79 Å². The lowest BCUT2D eigenvalue weighted by molar-refractivity contribution is -0.136. The number of nitrogens with zero attached hydrogens (tertiary/aromatic N) is 4. The van der Waals surface area contributed by atoms with Gasteiger partial charge in [-0.15, -0.1) is 0 Å². The summed E-state index contributed by atoms with van der Waals surface area (Å²) in [6, 6.07) is 8.25. The average Bonchev–Trinajstić information content (AvgIpc) is 2.61. The summed E-state index contributed by atoms with van der Waals surface area (Å²) < 4.78 is 0. The van der Waals surface area contributed by atoms with Crippen molar-refractivity contribution in [2.45, 2.75) is 25.9 Å². The number of rotatable bonds is 5. The second kappa shape index (κ2) is 9.03. The molecular formula is C20H32N4O2. The largest absolute Gasteiger partial charge is 0.341 e. The van der Waals surface area contributed by atoms with E-state index in [0.29, 0.717) is 13.1 Å². The molecule has 0 bridgehead atoms. The maximum absolute atomic E-state index is 12.9. The zero-order valence-corrected chi connectivity index (χ0v) is 16.7. The molecule has 6 nitrogen and oxygen atoms in total. The van der Waals surface area contributed by atoms with Crippen molar-refractivity contribution >= 4 is 11.9 Å². The highest BCUT2D eigenvalue weighted by molar-refractivity contribution is 5.80. The number of carbonyl (C=O) groups excluding carboxylic acids is 2. The molecule has 1 aromatic rings. The Bertz CT molecular complexity index is 630. The monoisotopic (exact) mass is 360 g/mol. The summed E-state index contributed by atoms with van der Waals surface area (Å²) >= 11 is 0. The Labute approximate surface area is 157 Å². The zero-order valence-electron chi connectivity index (χ0n) is 16.7. The summed E-state index contributed by atoms with van der Waals surface area (Å²) in [6.45, 7) is 2.70. The SMILES string of the molecule is CN(C)Cc1ccccc1CN(C)C(=O)[C@@H]1CCCN(C(=O)N(C)C)C1. The van der Waals surface area contributed by atoms with Gasteiger partial charge in [0.05, 0.1) is 5.92 Å². The highest BCUT2D eigenvalue weighted by Gasteiger charge is 2.30. The first-order chi connectivity index (χ1) is 12.3. The van der Waals surface area contributed by atoms with E-state index in [9.17, 15) is 9.59 Å². The van der Waals surface area contributed by atoms with Crippen LogP contribution in [-0.4, -0.2) is 79.9 Å². The maximum Gasteiger partial charge on any atom is 0.319 e. The summed E-state index contributed by atoms with van der Waals surface area (Å²) in [7, 11) is 9.46. The van der Waals surface area contributed by atoms with E-state index in [1.54, 1.807) is 23.9 Å². The minimum absolute atomic E-state index is 0.0125. The van der Waals surface area contributed by atoms with Crippen LogP contribution in [0.5, 0.6) is 0 Å². The molecule has 0 aliphatic carbocycles. The predicted molar refractivity (Wildman–Crippen MR) is 104 cm³/mol. The summed E-state index contributed by atoms with van der Waals surface area (Å²) in [5.74, 6) is 0.0135. The Morgan fingerprint density at radius 1 is 1.04 bits per heavy atom. The average molecular weight is 361 g/mol. The molecule has 0 unspecified atom stereocenters. The van der Waals surface area contributed by atoms with Gasteiger partial charge >= 0.3 is 6.03 Å². The number of piperidine rings is 1. The molecule has 0 N–H and O–H groups in total. The lowest BCUT2D eigenvalue weighted by Crippen LogP contribution is -2.48. The molecule has 26 heavy (non-hydrogen) atoms. The van der Waals surface area contributed by atoms with Gasteiger partial charge in [-0.25, -0.2) is 4.79 Å². The molecule has 1 aliphatic rings. The van der Waals surface area contributed by atoms with Gasteiger partial charge in [0, 0.05) is 47.3 Å². The lowest BCUT2D eigenvalue weighted by atomic mass is 9.96. The van der Waals surface area contributed by atoms with Crippen molar-refractivity contribution in [1.82, 2.24) is 19.6 Å². The van der Waals surface area contributed by atoms with Crippen LogP contribution in [0.4, 0.5) is 4.79 Å². The van der Waals surface area contributed by atoms with Crippen molar-refractivity contribution < 1.29 is 9.59 Å². The van der Waals surface area contributed by atoms with E-state index in [0.717, 1.165) is 25.9 Å². The number of hydrogen-bond donors (Lipinski definition) is 0. The molecule has 1 aliphatic heterocycles. The number of benzene rings is 1. The predicted octanol–water partition coefficient (Wildman–Crippen LogP) is 2.10. The van der Waals surface area contributed by atoms with Crippen LogP contribution in [-0.2, 0) is 17.9 Å². The molecule has 6 heteroatoms. The molecule has 1 heterocycles. The second-order valence-corrected chi connectivity index (χ2v) is 7.66. The van der Waals surface area contributed by atoms with Crippen LogP contribution >= 0.6 is 0 Å². The fourth-order valence-corrected chi connectivity index (χ4v) is 3.49. The van der Waals surface area contributed by atoms with Gasteiger partial charge in [-0.05, 0) is 38.1 Å². The van der Waals surface area contributed by atoms with Gasteiger partial charge in [0.25, 0.3) is 0 Å². The number of hydrogen-bond acceptors (Lipinski definition) is 3. The van der Waals surface area contributed by atoms with Crippen molar-refractivity contribution in [3.8, 4) is 0 Å². The molecule has 0 saturated carbocycles. The van der Waals surface area contributed by atoms with E-state index >= 15 is 0 Å².